The molecule has 16 heavy (non-hydrogen) atoms. The second kappa shape index (κ2) is 4.64. The number of sulfonamides is 1. The van der Waals surface area contributed by atoms with Crippen LogP contribution in [0.5, 0.6) is 0 Å². The van der Waals surface area contributed by atoms with E-state index in [4.69, 9.17) is 11.6 Å². The number of rotatable bonds is 3. The molecule has 1 N–H and O–H groups in total. The number of halogens is 2. The van der Waals surface area contributed by atoms with Crippen molar-refractivity contribution >= 4 is 37.6 Å². The van der Waals surface area contributed by atoms with Crippen LogP contribution in [0.15, 0.2) is 27.6 Å². The Bertz CT molecular complexity index is 500. The zero-order valence-corrected chi connectivity index (χ0v) is 11.6. The average molecular weight is 325 g/mol. The molecule has 1 aliphatic carbocycles. The van der Waals surface area contributed by atoms with Crippen LogP contribution in [0.4, 0.5) is 0 Å². The van der Waals surface area contributed by atoms with Gasteiger partial charge in [0.1, 0.15) is 4.90 Å². The van der Waals surface area contributed by atoms with Gasteiger partial charge in [-0.1, -0.05) is 34.0 Å². The monoisotopic (exact) mass is 323 g/mol. The van der Waals surface area contributed by atoms with E-state index in [1.807, 2.05) is 0 Å². The number of hydrogen-bond donors (Lipinski definition) is 1. The van der Waals surface area contributed by atoms with Gasteiger partial charge < -0.3 is 0 Å². The fourth-order valence-electron chi connectivity index (χ4n) is 1.50. The molecule has 0 radical (unpaired) electrons. The minimum atomic E-state index is -3.47. The Kier molecular flexibility index (Phi) is 3.59. The Labute approximate surface area is 108 Å². The van der Waals surface area contributed by atoms with E-state index < -0.39 is 10.0 Å². The SMILES string of the molecule is O=S(=O)(NC1CCC1)c1ccc(Br)cc1Cl. The van der Waals surface area contributed by atoms with Crippen LogP contribution >= 0.6 is 27.5 Å². The van der Waals surface area contributed by atoms with E-state index in [0.29, 0.717) is 0 Å². The maximum absolute atomic E-state index is 12.0. The molecule has 0 saturated heterocycles. The third kappa shape index (κ3) is 2.59. The first-order valence-electron chi connectivity index (χ1n) is 4.96. The predicted molar refractivity (Wildman–Crippen MR) is 67.1 cm³/mol. The van der Waals surface area contributed by atoms with Gasteiger partial charge >= 0.3 is 0 Å². The predicted octanol–water partition coefficient (Wildman–Crippen LogP) is 2.93. The van der Waals surface area contributed by atoms with Crippen molar-refractivity contribution in [2.75, 3.05) is 0 Å². The van der Waals surface area contributed by atoms with Gasteiger partial charge in [-0.15, -0.1) is 0 Å². The molecule has 6 heteroatoms. The summed E-state index contributed by atoms with van der Waals surface area (Å²) in [6.07, 6.45) is 2.90. The maximum Gasteiger partial charge on any atom is 0.242 e. The molecule has 0 spiro atoms. The zero-order valence-electron chi connectivity index (χ0n) is 8.41. The van der Waals surface area contributed by atoms with E-state index in [1.54, 1.807) is 12.1 Å². The summed E-state index contributed by atoms with van der Waals surface area (Å²) in [5.74, 6) is 0. The lowest BCUT2D eigenvalue weighted by Gasteiger charge is -2.26. The Balaban J connectivity index is 2.27. The molecule has 1 aromatic rings. The third-order valence-corrected chi connectivity index (χ3v) is 5.11. The van der Waals surface area contributed by atoms with Crippen LogP contribution in [-0.4, -0.2) is 14.5 Å². The van der Waals surface area contributed by atoms with E-state index >= 15 is 0 Å². The molecule has 88 valence electrons. The second-order valence-electron chi connectivity index (χ2n) is 3.82. The van der Waals surface area contributed by atoms with Gasteiger partial charge in [-0.25, -0.2) is 13.1 Å². The molecular weight excluding hydrogens is 314 g/mol. The molecule has 3 nitrogen and oxygen atoms in total. The van der Waals surface area contributed by atoms with Gasteiger partial charge in [0.2, 0.25) is 10.0 Å². The fraction of sp³-hybridized carbons (Fsp3) is 0.400. The van der Waals surface area contributed by atoms with Crippen molar-refractivity contribution in [1.29, 1.82) is 0 Å². The molecule has 0 aromatic heterocycles. The second-order valence-corrected chi connectivity index (χ2v) is 6.83. The van der Waals surface area contributed by atoms with Crippen LogP contribution in [-0.2, 0) is 10.0 Å². The molecule has 0 aliphatic heterocycles. The standard InChI is InChI=1S/C10H11BrClNO2S/c11-7-4-5-10(9(12)6-7)16(14,15)13-8-2-1-3-8/h4-6,8,13H,1-3H2. The molecule has 0 atom stereocenters. The van der Waals surface area contributed by atoms with Crippen LogP contribution in [0.25, 0.3) is 0 Å². The lowest BCUT2D eigenvalue weighted by atomic mass is 9.94. The summed E-state index contributed by atoms with van der Waals surface area (Å²) in [4.78, 5) is 0.143. The van der Waals surface area contributed by atoms with Crippen molar-refractivity contribution < 1.29 is 8.42 Å². The van der Waals surface area contributed by atoms with Gasteiger partial charge in [-0.05, 0) is 31.0 Å². The van der Waals surface area contributed by atoms with Crippen molar-refractivity contribution in [2.45, 2.75) is 30.2 Å². The molecular formula is C10H11BrClNO2S. The molecule has 1 fully saturated rings. The van der Waals surface area contributed by atoms with Gasteiger partial charge in [0, 0.05) is 10.5 Å². The van der Waals surface area contributed by atoms with Crippen LogP contribution < -0.4 is 4.72 Å². The van der Waals surface area contributed by atoms with Gasteiger partial charge in [0.15, 0.2) is 0 Å². The Morgan fingerprint density at radius 1 is 1.38 bits per heavy atom. The van der Waals surface area contributed by atoms with Crippen molar-refractivity contribution in [3.8, 4) is 0 Å². The smallest absolute Gasteiger partial charge is 0.208 e. The van der Waals surface area contributed by atoms with Gasteiger partial charge in [0.25, 0.3) is 0 Å². The molecule has 1 aliphatic rings. The Hall–Kier alpha value is -0.100. The minimum absolute atomic E-state index is 0.0738. The zero-order chi connectivity index (χ0) is 11.8. The summed E-state index contributed by atoms with van der Waals surface area (Å²) in [6, 6.07) is 4.83. The summed E-state index contributed by atoms with van der Waals surface area (Å²) in [6.45, 7) is 0. The fourth-order valence-corrected chi connectivity index (χ4v) is 3.84. The van der Waals surface area contributed by atoms with E-state index in [1.165, 1.54) is 6.07 Å². The summed E-state index contributed by atoms with van der Waals surface area (Å²) >= 11 is 9.15. The number of benzene rings is 1. The normalized spacial score (nSPS) is 17.1. The van der Waals surface area contributed by atoms with Gasteiger partial charge in [0.05, 0.1) is 5.02 Å². The average Bonchev–Trinajstić information content (AvgIpc) is 2.11. The van der Waals surface area contributed by atoms with Crippen LogP contribution in [0.3, 0.4) is 0 Å². The molecule has 0 unspecified atom stereocenters. The molecule has 1 saturated carbocycles. The van der Waals surface area contributed by atoms with Crippen LogP contribution in [0.1, 0.15) is 19.3 Å². The summed E-state index contributed by atoms with van der Waals surface area (Å²) in [5.41, 5.74) is 0. The molecule has 0 heterocycles. The highest BCUT2D eigenvalue weighted by molar-refractivity contribution is 9.10. The maximum atomic E-state index is 12.0. The van der Waals surface area contributed by atoms with Crippen molar-refractivity contribution in [2.24, 2.45) is 0 Å². The summed E-state index contributed by atoms with van der Waals surface area (Å²) < 4.78 is 27.3. The molecule has 1 aromatic carbocycles. The van der Waals surface area contributed by atoms with Gasteiger partial charge in [-0.3, -0.25) is 0 Å². The van der Waals surface area contributed by atoms with E-state index in [2.05, 4.69) is 20.7 Å². The summed E-state index contributed by atoms with van der Waals surface area (Å²) in [7, 11) is -3.47. The van der Waals surface area contributed by atoms with Crippen LogP contribution in [0, 0.1) is 0 Å². The highest BCUT2D eigenvalue weighted by Gasteiger charge is 2.26. The Morgan fingerprint density at radius 2 is 2.06 bits per heavy atom. The molecule has 2 rings (SSSR count). The van der Waals surface area contributed by atoms with Crippen molar-refractivity contribution in [3.63, 3.8) is 0 Å². The van der Waals surface area contributed by atoms with Crippen molar-refractivity contribution in [3.05, 3.63) is 27.7 Å². The Morgan fingerprint density at radius 3 is 2.56 bits per heavy atom. The largest absolute Gasteiger partial charge is 0.242 e. The first-order valence-corrected chi connectivity index (χ1v) is 7.62. The molecule has 0 amide bonds. The van der Waals surface area contributed by atoms with E-state index in [9.17, 15) is 8.42 Å². The van der Waals surface area contributed by atoms with Crippen molar-refractivity contribution in [1.82, 2.24) is 4.72 Å². The topological polar surface area (TPSA) is 46.2 Å². The van der Waals surface area contributed by atoms with Crippen LogP contribution in [0.2, 0.25) is 5.02 Å². The number of nitrogens with one attached hydrogen (secondary N) is 1. The van der Waals surface area contributed by atoms with E-state index in [-0.39, 0.29) is 16.0 Å². The summed E-state index contributed by atoms with van der Waals surface area (Å²) in [5, 5.41) is 0.237. The first-order chi connectivity index (χ1) is 7.49. The quantitative estimate of drug-likeness (QED) is 0.929. The lowest BCUT2D eigenvalue weighted by molar-refractivity contribution is 0.383. The highest BCUT2D eigenvalue weighted by Crippen LogP contribution is 2.27. The van der Waals surface area contributed by atoms with Gasteiger partial charge in [-0.2, -0.15) is 0 Å². The first kappa shape index (κ1) is 12.4. The molecule has 0 bridgehead atoms. The van der Waals surface area contributed by atoms with E-state index in [0.717, 1.165) is 23.7 Å². The third-order valence-electron chi connectivity index (χ3n) is 2.61. The number of hydrogen-bond acceptors (Lipinski definition) is 2. The highest BCUT2D eigenvalue weighted by atomic mass is 79.9. The lowest BCUT2D eigenvalue weighted by Crippen LogP contribution is -2.39. The minimum Gasteiger partial charge on any atom is -0.208 e.